The number of benzene rings is 2. The predicted octanol–water partition coefficient (Wildman–Crippen LogP) is 6.39. The first kappa shape index (κ1) is 30.4. The topological polar surface area (TPSA) is 55.5 Å². The van der Waals surface area contributed by atoms with Gasteiger partial charge in [-0.15, -0.1) is 0 Å². The van der Waals surface area contributed by atoms with E-state index in [1.807, 2.05) is 11.7 Å². The molecule has 2 aromatic heterocycles. The van der Waals surface area contributed by atoms with E-state index >= 15 is 0 Å². The SMILES string of the molecule is CC(=O)c1c(CCCOc2cccc3c2C=CCC3)c2ccc(C)c(-c3c(C)nn(C)c3C)c2n1CCN1CCN(C)CC1. The van der Waals surface area contributed by atoms with Crippen LogP contribution < -0.4 is 4.74 Å². The Bertz CT molecular complexity index is 1720. The minimum Gasteiger partial charge on any atom is -0.493 e. The number of hydrogen-bond donors (Lipinski definition) is 0. The number of Topliss-reactive ketones (excluding diaryl/α,β-unsaturated/α-hetero) is 1. The summed E-state index contributed by atoms with van der Waals surface area (Å²) in [5.41, 5.74) is 11.5. The van der Waals surface area contributed by atoms with Crippen molar-refractivity contribution in [3.05, 3.63) is 75.7 Å². The van der Waals surface area contributed by atoms with E-state index in [0.717, 1.165) is 93.3 Å². The van der Waals surface area contributed by atoms with E-state index in [9.17, 15) is 4.79 Å². The summed E-state index contributed by atoms with van der Waals surface area (Å²) in [7, 11) is 4.21. The Hall–Kier alpha value is -3.68. The number of ketones is 1. The van der Waals surface area contributed by atoms with Crippen molar-refractivity contribution >= 4 is 22.8 Å². The molecule has 3 heterocycles. The molecule has 4 aromatic rings. The Morgan fingerprint density at radius 3 is 2.50 bits per heavy atom. The molecule has 1 saturated heterocycles. The summed E-state index contributed by atoms with van der Waals surface area (Å²) in [5.74, 6) is 1.08. The molecule has 2 aliphatic rings. The third kappa shape index (κ3) is 5.75. The molecule has 0 bridgehead atoms. The fraction of sp³-hybridized carbons (Fsp3) is 0.459. The number of piperazine rings is 1. The summed E-state index contributed by atoms with van der Waals surface area (Å²) >= 11 is 0. The predicted molar refractivity (Wildman–Crippen MR) is 180 cm³/mol. The van der Waals surface area contributed by atoms with Gasteiger partial charge in [-0.3, -0.25) is 14.4 Å². The van der Waals surface area contributed by atoms with Gasteiger partial charge < -0.3 is 14.2 Å². The van der Waals surface area contributed by atoms with Crippen LogP contribution in [-0.2, 0) is 26.4 Å². The van der Waals surface area contributed by atoms with Crippen molar-refractivity contribution in [2.45, 2.75) is 59.9 Å². The number of nitrogens with zero attached hydrogens (tertiary/aromatic N) is 5. The van der Waals surface area contributed by atoms with Crippen LogP contribution in [-0.4, -0.2) is 76.3 Å². The minimum atomic E-state index is 0.126. The first-order chi connectivity index (χ1) is 21.2. The third-order valence-corrected chi connectivity index (χ3v) is 9.72. The Kier molecular flexibility index (Phi) is 8.79. The van der Waals surface area contributed by atoms with Gasteiger partial charge in [0.2, 0.25) is 0 Å². The van der Waals surface area contributed by atoms with Crippen LogP contribution in [0.5, 0.6) is 5.75 Å². The molecular formula is C37H47N5O2. The zero-order valence-corrected chi connectivity index (χ0v) is 27.4. The van der Waals surface area contributed by atoms with Crippen LogP contribution in [0.2, 0.25) is 0 Å². The highest BCUT2D eigenvalue weighted by Gasteiger charge is 2.26. The fourth-order valence-electron chi connectivity index (χ4n) is 7.25. The quantitative estimate of drug-likeness (QED) is 0.158. The van der Waals surface area contributed by atoms with Gasteiger partial charge >= 0.3 is 0 Å². The van der Waals surface area contributed by atoms with Crippen LogP contribution in [0.3, 0.4) is 0 Å². The highest BCUT2D eigenvalue weighted by molar-refractivity contribution is 6.07. The summed E-state index contributed by atoms with van der Waals surface area (Å²) in [6.07, 6.45) is 8.20. The molecule has 0 amide bonds. The molecule has 7 heteroatoms. The van der Waals surface area contributed by atoms with E-state index in [1.54, 1.807) is 6.92 Å². The third-order valence-electron chi connectivity index (χ3n) is 9.72. The number of carbonyl (C=O) groups excluding carboxylic acids is 1. The van der Waals surface area contributed by atoms with E-state index in [4.69, 9.17) is 9.84 Å². The Balaban J connectivity index is 1.38. The van der Waals surface area contributed by atoms with E-state index in [2.05, 4.69) is 84.7 Å². The van der Waals surface area contributed by atoms with Gasteiger partial charge in [-0.2, -0.15) is 5.10 Å². The summed E-state index contributed by atoms with van der Waals surface area (Å²) in [6, 6.07) is 10.8. The minimum absolute atomic E-state index is 0.126. The highest BCUT2D eigenvalue weighted by atomic mass is 16.5. The lowest BCUT2D eigenvalue weighted by molar-refractivity contribution is 0.100. The second-order valence-corrected chi connectivity index (χ2v) is 12.7. The van der Waals surface area contributed by atoms with Crippen molar-refractivity contribution in [3.8, 4) is 16.9 Å². The van der Waals surface area contributed by atoms with E-state index < -0.39 is 0 Å². The summed E-state index contributed by atoms with van der Waals surface area (Å²) in [4.78, 5) is 18.5. The molecule has 0 N–H and O–H groups in total. The molecule has 232 valence electrons. The maximum atomic E-state index is 13.5. The molecule has 44 heavy (non-hydrogen) atoms. The van der Waals surface area contributed by atoms with E-state index in [0.29, 0.717) is 6.61 Å². The number of fused-ring (bicyclic) bond motifs is 2. The van der Waals surface area contributed by atoms with Gasteiger partial charge in [0.15, 0.2) is 5.78 Å². The highest BCUT2D eigenvalue weighted by Crippen LogP contribution is 2.40. The van der Waals surface area contributed by atoms with Crippen molar-refractivity contribution in [2.75, 3.05) is 46.4 Å². The van der Waals surface area contributed by atoms with Gasteiger partial charge in [0.25, 0.3) is 0 Å². The maximum absolute atomic E-state index is 13.5. The lowest BCUT2D eigenvalue weighted by Crippen LogP contribution is -2.45. The number of aromatic nitrogens is 3. The lowest BCUT2D eigenvalue weighted by Gasteiger charge is -2.32. The van der Waals surface area contributed by atoms with Gasteiger partial charge in [-0.05, 0) is 76.3 Å². The number of rotatable bonds is 10. The number of likely N-dealkylation sites (N-methyl/N-ethyl adjacent to an activating group) is 1. The Labute approximate surface area is 262 Å². The normalized spacial score (nSPS) is 15.7. The molecule has 1 aliphatic carbocycles. The van der Waals surface area contributed by atoms with Crippen molar-refractivity contribution < 1.29 is 9.53 Å². The zero-order chi connectivity index (χ0) is 31.0. The van der Waals surface area contributed by atoms with Crippen LogP contribution in [0, 0.1) is 20.8 Å². The van der Waals surface area contributed by atoms with Crippen molar-refractivity contribution in [2.24, 2.45) is 7.05 Å². The van der Waals surface area contributed by atoms with Crippen molar-refractivity contribution in [1.82, 2.24) is 24.1 Å². The van der Waals surface area contributed by atoms with Crippen molar-refractivity contribution in [3.63, 3.8) is 0 Å². The largest absolute Gasteiger partial charge is 0.493 e. The molecule has 0 spiro atoms. The molecule has 0 atom stereocenters. The van der Waals surface area contributed by atoms with Gasteiger partial charge in [0.1, 0.15) is 5.75 Å². The van der Waals surface area contributed by atoms with Crippen LogP contribution in [0.4, 0.5) is 0 Å². The second-order valence-electron chi connectivity index (χ2n) is 12.7. The average molecular weight is 594 g/mol. The number of carbonyl (C=O) groups is 1. The van der Waals surface area contributed by atoms with Crippen LogP contribution in [0.25, 0.3) is 28.1 Å². The Morgan fingerprint density at radius 2 is 1.77 bits per heavy atom. The van der Waals surface area contributed by atoms with Gasteiger partial charge in [0.05, 0.1) is 23.5 Å². The van der Waals surface area contributed by atoms with Gasteiger partial charge in [-0.25, -0.2) is 0 Å². The number of aryl methyl sites for hydroxylation is 5. The van der Waals surface area contributed by atoms with E-state index in [-0.39, 0.29) is 5.78 Å². The van der Waals surface area contributed by atoms with Crippen LogP contribution in [0.15, 0.2) is 36.4 Å². The second kappa shape index (κ2) is 12.7. The molecule has 1 aliphatic heterocycles. The molecule has 0 unspecified atom stereocenters. The fourth-order valence-corrected chi connectivity index (χ4v) is 7.25. The lowest BCUT2D eigenvalue weighted by atomic mass is 9.94. The Morgan fingerprint density at radius 1 is 0.977 bits per heavy atom. The molecule has 2 aromatic carbocycles. The van der Waals surface area contributed by atoms with Crippen LogP contribution in [0.1, 0.15) is 63.9 Å². The van der Waals surface area contributed by atoms with Crippen LogP contribution >= 0.6 is 0 Å². The zero-order valence-electron chi connectivity index (χ0n) is 27.4. The summed E-state index contributed by atoms with van der Waals surface area (Å²) in [6.45, 7) is 14.7. The smallest absolute Gasteiger partial charge is 0.176 e. The monoisotopic (exact) mass is 593 g/mol. The summed E-state index contributed by atoms with van der Waals surface area (Å²) in [5, 5.41) is 5.96. The molecule has 6 rings (SSSR count). The molecule has 0 radical (unpaired) electrons. The van der Waals surface area contributed by atoms with Gasteiger partial charge in [-0.1, -0.05) is 36.4 Å². The molecule has 7 nitrogen and oxygen atoms in total. The van der Waals surface area contributed by atoms with E-state index in [1.165, 1.54) is 38.7 Å². The standard InChI is InChI=1S/C37H47N5O2/c1-25-16-17-32-31(14-10-24-44-33-15-9-12-29-11-7-8-13-30(29)33)36(28(4)43)42(23-22-41-20-18-39(5)19-21-41)37(32)34(25)35-26(2)38-40(6)27(35)3/h8-9,12-13,15-17H,7,10-11,14,18-24H2,1-6H3. The summed E-state index contributed by atoms with van der Waals surface area (Å²) < 4.78 is 10.7. The average Bonchev–Trinajstić information content (AvgIpc) is 3.46. The number of ether oxygens (including phenoxy) is 1. The van der Waals surface area contributed by atoms with Crippen molar-refractivity contribution in [1.29, 1.82) is 0 Å². The first-order valence-corrected chi connectivity index (χ1v) is 16.2. The molecule has 0 saturated carbocycles. The number of allylic oxidation sites excluding steroid dienone is 1. The number of hydrogen-bond acceptors (Lipinski definition) is 5. The molecular weight excluding hydrogens is 546 g/mol. The van der Waals surface area contributed by atoms with Gasteiger partial charge in [0, 0.05) is 81.0 Å². The first-order valence-electron chi connectivity index (χ1n) is 16.2. The maximum Gasteiger partial charge on any atom is 0.176 e. The molecule has 1 fully saturated rings.